The molecule has 0 saturated heterocycles. The van der Waals surface area contributed by atoms with Gasteiger partial charge < -0.3 is 14.7 Å². The predicted molar refractivity (Wildman–Crippen MR) is 97.4 cm³/mol. The van der Waals surface area contributed by atoms with E-state index in [1.807, 2.05) is 18.9 Å². The van der Waals surface area contributed by atoms with Gasteiger partial charge >= 0.3 is 5.97 Å². The SMILES string of the molecule is CCOC1CC(N(C)C(=O)c2ccc(C(=O)O)c(C)n2)C12CCCCC2. The van der Waals surface area contributed by atoms with Crippen LogP contribution in [0.3, 0.4) is 0 Å². The molecule has 6 heteroatoms. The number of pyridine rings is 1. The number of hydrogen-bond donors (Lipinski definition) is 1. The van der Waals surface area contributed by atoms with Gasteiger partial charge in [-0.15, -0.1) is 0 Å². The Morgan fingerprint density at radius 2 is 2.00 bits per heavy atom. The van der Waals surface area contributed by atoms with Crippen LogP contribution in [0.5, 0.6) is 0 Å². The highest BCUT2D eigenvalue weighted by atomic mass is 16.5. The summed E-state index contributed by atoms with van der Waals surface area (Å²) in [5.41, 5.74) is 0.869. The molecule has 2 aliphatic carbocycles. The Labute approximate surface area is 154 Å². The van der Waals surface area contributed by atoms with Crippen LogP contribution < -0.4 is 0 Å². The van der Waals surface area contributed by atoms with Crippen LogP contribution >= 0.6 is 0 Å². The van der Waals surface area contributed by atoms with E-state index in [-0.39, 0.29) is 29.0 Å². The number of aromatic carboxylic acids is 1. The number of hydrogen-bond acceptors (Lipinski definition) is 4. The van der Waals surface area contributed by atoms with Crippen LogP contribution in [0.4, 0.5) is 0 Å². The molecule has 0 aliphatic heterocycles. The van der Waals surface area contributed by atoms with Gasteiger partial charge in [0.2, 0.25) is 0 Å². The molecule has 3 rings (SSSR count). The molecule has 142 valence electrons. The molecule has 1 amide bonds. The number of aryl methyl sites for hydroxylation is 1. The molecule has 2 unspecified atom stereocenters. The largest absolute Gasteiger partial charge is 0.478 e. The van der Waals surface area contributed by atoms with Crippen LogP contribution in [0.1, 0.15) is 72.0 Å². The van der Waals surface area contributed by atoms with Crippen molar-refractivity contribution in [3.8, 4) is 0 Å². The van der Waals surface area contributed by atoms with Crippen LogP contribution in [0.15, 0.2) is 12.1 Å². The Bertz CT molecular complexity index is 697. The molecule has 26 heavy (non-hydrogen) atoms. The Hall–Kier alpha value is -1.95. The molecule has 6 nitrogen and oxygen atoms in total. The summed E-state index contributed by atoms with van der Waals surface area (Å²) in [5.74, 6) is -1.17. The second-order valence-electron chi connectivity index (χ2n) is 7.54. The van der Waals surface area contributed by atoms with Crippen molar-refractivity contribution < 1.29 is 19.4 Å². The maximum atomic E-state index is 13.0. The first-order valence-electron chi connectivity index (χ1n) is 9.50. The van der Waals surface area contributed by atoms with Gasteiger partial charge in [0.15, 0.2) is 0 Å². The summed E-state index contributed by atoms with van der Waals surface area (Å²) < 4.78 is 5.98. The maximum absolute atomic E-state index is 13.0. The average Bonchev–Trinajstić information content (AvgIpc) is 2.64. The molecule has 2 aliphatic rings. The van der Waals surface area contributed by atoms with Crippen molar-refractivity contribution in [3.63, 3.8) is 0 Å². The summed E-state index contributed by atoms with van der Waals surface area (Å²) in [5, 5.41) is 9.14. The van der Waals surface area contributed by atoms with Gasteiger partial charge in [-0.3, -0.25) is 4.79 Å². The van der Waals surface area contributed by atoms with Gasteiger partial charge in [0.25, 0.3) is 5.91 Å². The van der Waals surface area contributed by atoms with E-state index in [1.54, 1.807) is 6.92 Å². The number of carbonyl (C=O) groups is 2. The first-order chi connectivity index (χ1) is 12.4. The van der Waals surface area contributed by atoms with Gasteiger partial charge in [-0.25, -0.2) is 9.78 Å². The fourth-order valence-corrected chi connectivity index (χ4v) is 4.80. The normalized spacial score (nSPS) is 24.1. The number of nitrogens with zero attached hydrogens (tertiary/aromatic N) is 2. The third-order valence-corrected chi connectivity index (χ3v) is 6.22. The first kappa shape index (κ1) is 18.8. The molecule has 1 aromatic heterocycles. The van der Waals surface area contributed by atoms with Crippen LogP contribution in [-0.2, 0) is 4.74 Å². The fourth-order valence-electron chi connectivity index (χ4n) is 4.80. The maximum Gasteiger partial charge on any atom is 0.337 e. The number of carboxylic acid groups (broad SMARTS) is 1. The minimum Gasteiger partial charge on any atom is -0.478 e. The Morgan fingerprint density at radius 1 is 1.31 bits per heavy atom. The molecule has 2 fully saturated rings. The average molecular weight is 360 g/mol. The van der Waals surface area contributed by atoms with Gasteiger partial charge in [0.1, 0.15) is 5.69 Å². The zero-order chi connectivity index (χ0) is 18.9. The van der Waals surface area contributed by atoms with Crippen molar-refractivity contribution in [1.29, 1.82) is 0 Å². The topological polar surface area (TPSA) is 79.7 Å². The smallest absolute Gasteiger partial charge is 0.337 e. The van der Waals surface area contributed by atoms with Crippen LogP contribution in [0.2, 0.25) is 0 Å². The number of ether oxygens (including phenoxy) is 1. The van der Waals surface area contributed by atoms with Gasteiger partial charge in [-0.1, -0.05) is 19.3 Å². The number of amides is 1. The monoisotopic (exact) mass is 360 g/mol. The lowest BCUT2D eigenvalue weighted by molar-refractivity contribution is -0.170. The van der Waals surface area contributed by atoms with Crippen molar-refractivity contribution in [2.75, 3.05) is 13.7 Å². The Balaban J connectivity index is 1.80. The molecular weight excluding hydrogens is 332 g/mol. The molecule has 1 aromatic rings. The third kappa shape index (κ3) is 3.11. The number of carboxylic acids is 1. The Morgan fingerprint density at radius 3 is 2.58 bits per heavy atom. The number of rotatable bonds is 5. The van der Waals surface area contributed by atoms with Crippen molar-refractivity contribution in [1.82, 2.24) is 9.88 Å². The second kappa shape index (κ2) is 7.35. The van der Waals surface area contributed by atoms with Crippen molar-refractivity contribution >= 4 is 11.9 Å². The van der Waals surface area contributed by atoms with Crippen LogP contribution in [-0.4, -0.2) is 52.7 Å². The van der Waals surface area contributed by atoms with Crippen LogP contribution in [0.25, 0.3) is 0 Å². The molecule has 2 saturated carbocycles. The van der Waals surface area contributed by atoms with Gasteiger partial charge in [0, 0.05) is 25.1 Å². The molecule has 2 atom stereocenters. The lowest BCUT2D eigenvalue weighted by Crippen LogP contribution is -2.65. The van der Waals surface area contributed by atoms with E-state index in [0.717, 1.165) is 19.3 Å². The predicted octanol–water partition coefficient (Wildman–Crippen LogP) is 3.29. The van der Waals surface area contributed by atoms with E-state index in [2.05, 4.69) is 4.98 Å². The highest BCUT2D eigenvalue weighted by molar-refractivity contribution is 5.94. The first-order valence-corrected chi connectivity index (χ1v) is 9.50. The Kier molecular flexibility index (Phi) is 5.32. The van der Waals surface area contributed by atoms with Crippen molar-refractivity contribution in [2.24, 2.45) is 5.41 Å². The molecule has 0 bridgehead atoms. The minimum absolute atomic E-state index is 0.0642. The van der Waals surface area contributed by atoms with Crippen molar-refractivity contribution in [2.45, 2.75) is 64.5 Å². The molecule has 0 radical (unpaired) electrons. The summed E-state index contributed by atoms with van der Waals surface area (Å²) in [6, 6.07) is 3.14. The zero-order valence-corrected chi connectivity index (χ0v) is 15.8. The third-order valence-electron chi connectivity index (χ3n) is 6.22. The molecular formula is C20H28N2O4. The zero-order valence-electron chi connectivity index (χ0n) is 15.8. The summed E-state index contributed by atoms with van der Waals surface area (Å²) in [4.78, 5) is 30.2. The van der Waals surface area contributed by atoms with Gasteiger partial charge in [-0.05, 0) is 45.2 Å². The van der Waals surface area contributed by atoms with Crippen molar-refractivity contribution in [3.05, 3.63) is 29.1 Å². The van der Waals surface area contributed by atoms with E-state index >= 15 is 0 Å². The van der Waals surface area contributed by atoms with E-state index in [1.165, 1.54) is 31.4 Å². The van der Waals surface area contributed by atoms with Gasteiger partial charge in [-0.2, -0.15) is 0 Å². The van der Waals surface area contributed by atoms with E-state index < -0.39 is 5.97 Å². The van der Waals surface area contributed by atoms with Gasteiger partial charge in [0.05, 0.1) is 17.4 Å². The number of carbonyl (C=O) groups excluding carboxylic acids is 1. The number of aromatic nitrogens is 1. The van der Waals surface area contributed by atoms with E-state index in [9.17, 15) is 9.59 Å². The second-order valence-corrected chi connectivity index (χ2v) is 7.54. The summed E-state index contributed by atoms with van der Waals surface area (Å²) in [6.07, 6.45) is 6.93. The highest BCUT2D eigenvalue weighted by Gasteiger charge is 2.57. The lowest BCUT2D eigenvalue weighted by Gasteiger charge is -2.60. The molecule has 0 aromatic carbocycles. The quantitative estimate of drug-likeness (QED) is 0.871. The molecule has 1 spiro atoms. The summed E-state index contributed by atoms with van der Waals surface area (Å²) >= 11 is 0. The van der Waals surface area contributed by atoms with Crippen LogP contribution in [0, 0.1) is 12.3 Å². The van der Waals surface area contributed by atoms with E-state index in [4.69, 9.17) is 9.84 Å². The fraction of sp³-hybridized carbons (Fsp3) is 0.650. The standard InChI is InChI=1S/C20H28N2O4/c1-4-26-17-12-16(20(17)10-6-5-7-11-20)22(3)18(23)15-9-8-14(19(24)25)13(2)21-15/h8-9,16-17H,4-7,10-12H2,1-3H3,(H,24,25). The summed E-state index contributed by atoms with van der Waals surface area (Å²) in [7, 11) is 1.84. The molecule has 1 heterocycles. The summed E-state index contributed by atoms with van der Waals surface area (Å²) in [6.45, 7) is 4.35. The minimum atomic E-state index is -1.03. The lowest BCUT2D eigenvalue weighted by atomic mass is 9.54. The molecule has 1 N–H and O–H groups in total. The van der Waals surface area contributed by atoms with E-state index in [0.29, 0.717) is 18.0 Å². The highest BCUT2D eigenvalue weighted by Crippen LogP contribution is 2.55.